The van der Waals surface area contributed by atoms with Crippen LogP contribution in [0.1, 0.15) is 13.3 Å². The predicted octanol–water partition coefficient (Wildman–Crippen LogP) is 2.53. The SMILES string of the molecule is CCC(F)(OF)C(F)(F)F. The van der Waals surface area contributed by atoms with Crippen LogP contribution < -0.4 is 0 Å². The molecule has 0 radical (unpaired) electrons. The minimum Gasteiger partial charge on any atom is -0.199 e. The maximum atomic E-state index is 12.0. The normalized spacial score (nSPS) is 18.6. The second-order valence-corrected chi connectivity index (χ2v) is 1.66. The van der Waals surface area contributed by atoms with Crippen LogP contribution in [0.3, 0.4) is 0 Å². The summed E-state index contributed by atoms with van der Waals surface area (Å²) in [6.07, 6.45) is -6.41. The monoisotopic (exact) mass is 164 g/mol. The molecule has 0 amide bonds. The summed E-state index contributed by atoms with van der Waals surface area (Å²) in [5.41, 5.74) is 0. The number of alkyl halides is 4. The highest BCUT2D eigenvalue weighted by molar-refractivity contribution is 4.73. The molecular formula is C4H5F5O. The van der Waals surface area contributed by atoms with E-state index in [0.717, 1.165) is 6.92 Å². The van der Waals surface area contributed by atoms with Crippen LogP contribution in [0.15, 0.2) is 0 Å². The molecule has 0 aliphatic heterocycles. The molecule has 0 N–H and O–H groups in total. The molecule has 0 rings (SSSR count). The van der Waals surface area contributed by atoms with Gasteiger partial charge >= 0.3 is 12.0 Å². The van der Waals surface area contributed by atoms with Gasteiger partial charge in [-0.05, 0) is 4.53 Å². The summed E-state index contributed by atoms with van der Waals surface area (Å²) in [5.74, 6) is -4.15. The molecule has 1 unspecified atom stereocenters. The van der Waals surface area contributed by atoms with Crippen molar-refractivity contribution in [3.05, 3.63) is 0 Å². The first-order chi connectivity index (χ1) is 4.37. The van der Waals surface area contributed by atoms with Crippen molar-refractivity contribution in [3.8, 4) is 0 Å². The molecule has 0 aromatic carbocycles. The van der Waals surface area contributed by atoms with Crippen molar-refractivity contribution in [2.75, 3.05) is 0 Å². The lowest BCUT2D eigenvalue weighted by Gasteiger charge is -2.20. The summed E-state index contributed by atoms with van der Waals surface area (Å²) in [7, 11) is 0. The van der Waals surface area contributed by atoms with E-state index in [9.17, 15) is 22.1 Å². The van der Waals surface area contributed by atoms with Crippen molar-refractivity contribution < 1.29 is 27.0 Å². The number of rotatable bonds is 2. The first-order valence-electron chi connectivity index (χ1n) is 2.43. The van der Waals surface area contributed by atoms with Gasteiger partial charge in [0.05, 0.1) is 0 Å². The maximum Gasteiger partial charge on any atom is 0.451 e. The molecule has 0 aliphatic rings. The lowest BCUT2D eigenvalue weighted by molar-refractivity contribution is -0.402. The Morgan fingerprint density at radius 1 is 1.20 bits per heavy atom. The van der Waals surface area contributed by atoms with Gasteiger partial charge in [-0.3, -0.25) is 0 Å². The molecule has 0 spiro atoms. The van der Waals surface area contributed by atoms with Gasteiger partial charge in [0.1, 0.15) is 0 Å². The van der Waals surface area contributed by atoms with Gasteiger partial charge in [0.15, 0.2) is 0 Å². The molecule has 0 saturated heterocycles. The number of halogens is 5. The third-order valence-corrected chi connectivity index (χ3v) is 1.00. The molecule has 0 saturated carbocycles. The van der Waals surface area contributed by atoms with E-state index >= 15 is 0 Å². The Hall–Kier alpha value is -0.390. The van der Waals surface area contributed by atoms with Crippen LogP contribution in [0.4, 0.5) is 22.1 Å². The third kappa shape index (κ3) is 1.56. The molecule has 6 heteroatoms. The zero-order valence-corrected chi connectivity index (χ0v) is 5.01. The van der Waals surface area contributed by atoms with Crippen molar-refractivity contribution >= 4 is 0 Å². The highest BCUT2D eigenvalue weighted by Gasteiger charge is 2.57. The van der Waals surface area contributed by atoms with Gasteiger partial charge in [0.25, 0.3) is 0 Å². The number of hydrogen-bond acceptors (Lipinski definition) is 1. The molecule has 10 heavy (non-hydrogen) atoms. The van der Waals surface area contributed by atoms with Gasteiger partial charge in [-0.15, -0.1) is 4.94 Å². The fourth-order valence-corrected chi connectivity index (χ4v) is 0.299. The van der Waals surface area contributed by atoms with Crippen molar-refractivity contribution in [1.29, 1.82) is 0 Å². The molecule has 0 aromatic rings. The van der Waals surface area contributed by atoms with E-state index in [1.165, 1.54) is 0 Å². The van der Waals surface area contributed by atoms with Crippen LogP contribution in [0.5, 0.6) is 0 Å². The van der Waals surface area contributed by atoms with E-state index in [1.54, 1.807) is 0 Å². The summed E-state index contributed by atoms with van der Waals surface area (Å²) in [6, 6.07) is 0. The van der Waals surface area contributed by atoms with Gasteiger partial charge in [-0.25, -0.2) is 0 Å². The van der Waals surface area contributed by atoms with Gasteiger partial charge in [0.2, 0.25) is 0 Å². The quantitative estimate of drug-likeness (QED) is 0.570. The summed E-state index contributed by atoms with van der Waals surface area (Å²) in [4.78, 5) is 2.16. The smallest absolute Gasteiger partial charge is 0.199 e. The van der Waals surface area contributed by atoms with E-state index in [4.69, 9.17) is 0 Å². The zero-order valence-electron chi connectivity index (χ0n) is 5.01. The van der Waals surface area contributed by atoms with Crippen LogP contribution >= 0.6 is 0 Å². The average molecular weight is 164 g/mol. The van der Waals surface area contributed by atoms with E-state index in [0.29, 0.717) is 0 Å². The Morgan fingerprint density at radius 2 is 1.60 bits per heavy atom. The predicted molar refractivity (Wildman–Crippen MR) is 22.4 cm³/mol. The molecule has 62 valence electrons. The van der Waals surface area contributed by atoms with E-state index < -0.39 is 18.5 Å². The zero-order chi connectivity index (χ0) is 8.41. The second kappa shape index (κ2) is 2.69. The Bertz CT molecular complexity index is 105. The summed E-state index contributed by atoms with van der Waals surface area (Å²) in [5, 5.41) is 0. The van der Waals surface area contributed by atoms with Crippen molar-refractivity contribution in [1.82, 2.24) is 0 Å². The van der Waals surface area contributed by atoms with Crippen molar-refractivity contribution in [3.63, 3.8) is 0 Å². The average Bonchev–Trinajstić information content (AvgIpc) is 1.84. The highest BCUT2D eigenvalue weighted by Crippen LogP contribution is 2.37. The Morgan fingerprint density at radius 3 is 1.60 bits per heavy atom. The molecule has 0 fully saturated rings. The Balaban J connectivity index is 4.33. The lowest BCUT2D eigenvalue weighted by atomic mass is 10.2. The molecular weight excluding hydrogens is 159 g/mol. The summed E-state index contributed by atoms with van der Waals surface area (Å²) >= 11 is 0. The van der Waals surface area contributed by atoms with E-state index in [1.807, 2.05) is 0 Å². The topological polar surface area (TPSA) is 9.23 Å². The van der Waals surface area contributed by atoms with E-state index in [2.05, 4.69) is 4.94 Å². The summed E-state index contributed by atoms with van der Waals surface area (Å²) in [6.45, 7) is 0.826. The van der Waals surface area contributed by atoms with Crippen LogP contribution in [-0.4, -0.2) is 12.0 Å². The largest absolute Gasteiger partial charge is 0.451 e. The minimum atomic E-state index is -5.31. The van der Waals surface area contributed by atoms with Crippen LogP contribution in [0, 0.1) is 0 Å². The van der Waals surface area contributed by atoms with Gasteiger partial charge in [-0.2, -0.15) is 17.6 Å². The molecule has 0 heterocycles. The summed E-state index contributed by atoms with van der Waals surface area (Å²) < 4.78 is 57.1. The van der Waals surface area contributed by atoms with Gasteiger partial charge in [-0.1, -0.05) is 6.92 Å². The molecule has 1 atom stereocenters. The molecule has 0 aromatic heterocycles. The minimum absolute atomic E-state index is 0.826. The van der Waals surface area contributed by atoms with Gasteiger partial charge < -0.3 is 0 Å². The fourth-order valence-electron chi connectivity index (χ4n) is 0.299. The lowest BCUT2D eigenvalue weighted by Crippen LogP contribution is -2.40. The Labute approximate surface area is 53.7 Å². The van der Waals surface area contributed by atoms with Crippen LogP contribution in [-0.2, 0) is 4.94 Å². The van der Waals surface area contributed by atoms with Crippen molar-refractivity contribution in [2.24, 2.45) is 0 Å². The van der Waals surface area contributed by atoms with Crippen LogP contribution in [0.2, 0.25) is 0 Å². The standard InChI is InChI=1S/C4H5F5O/c1-2-3(5,10-9)4(6,7)8/h2H2,1H3. The Kier molecular flexibility index (Phi) is 2.59. The maximum absolute atomic E-state index is 12.0. The fraction of sp³-hybridized carbons (Fsp3) is 1.00. The highest BCUT2D eigenvalue weighted by atomic mass is 19.4. The molecule has 1 nitrogen and oxygen atoms in total. The van der Waals surface area contributed by atoms with Crippen molar-refractivity contribution in [2.45, 2.75) is 25.4 Å². The second-order valence-electron chi connectivity index (χ2n) is 1.66. The third-order valence-electron chi connectivity index (χ3n) is 1.00. The molecule has 0 bridgehead atoms. The van der Waals surface area contributed by atoms with E-state index in [-0.39, 0.29) is 0 Å². The van der Waals surface area contributed by atoms with Crippen LogP contribution in [0.25, 0.3) is 0 Å². The molecule has 0 aliphatic carbocycles. The number of hydrogen-bond donors (Lipinski definition) is 0. The van der Waals surface area contributed by atoms with Gasteiger partial charge in [0, 0.05) is 6.42 Å². The first kappa shape index (κ1) is 9.61. The first-order valence-corrected chi connectivity index (χ1v) is 2.43.